The highest BCUT2D eigenvalue weighted by atomic mass is 32.1. The summed E-state index contributed by atoms with van der Waals surface area (Å²) in [5, 5.41) is 7.19. The van der Waals surface area contributed by atoms with Crippen LogP contribution in [0.25, 0.3) is 27.3 Å². The molecule has 8 heteroatoms. The molecule has 0 saturated heterocycles. The van der Waals surface area contributed by atoms with E-state index < -0.39 is 5.97 Å². The van der Waals surface area contributed by atoms with E-state index in [1.807, 2.05) is 54.8 Å². The molecular formula is C22H20N4O3S. The molecule has 1 aromatic carbocycles. The van der Waals surface area contributed by atoms with Crippen molar-refractivity contribution < 1.29 is 14.3 Å². The number of aromatic nitrogens is 3. The fraction of sp³-hybridized carbons (Fsp3) is 0.182. The van der Waals surface area contributed by atoms with E-state index in [-0.39, 0.29) is 12.5 Å². The van der Waals surface area contributed by atoms with Gasteiger partial charge in [-0.05, 0) is 36.6 Å². The van der Waals surface area contributed by atoms with Gasteiger partial charge in [0.15, 0.2) is 12.3 Å². The molecule has 0 atom stereocenters. The first-order valence-electron chi connectivity index (χ1n) is 9.32. The zero-order valence-corrected chi connectivity index (χ0v) is 17.6. The van der Waals surface area contributed by atoms with Gasteiger partial charge in [-0.1, -0.05) is 24.3 Å². The molecule has 0 aliphatic heterocycles. The number of ether oxygens (including phenoxy) is 1. The summed E-state index contributed by atoms with van der Waals surface area (Å²) in [5.41, 5.74) is 3.06. The lowest BCUT2D eigenvalue weighted by atomic mass is 10.1. The monoisotopic (exact) mass is 420 g/mol. The largest absolute Gasteiger partial charge is 0.452 e. The normalized spacial score (nSPS) is 10.9. The lowest BCUT2D eigenvalue weighted by Crippen LogP contribution is -2.27. The highest BCUT2D eigenvalue weighted by molar-refractivity contribution is 7.13. The van der Waals surface area contributed by atoms with Crippen LogP contribution in [0.4, 0.5) is 0 Å². The van der Waals surface area contributed by atoms with E-state index in [2.05, 4.69) is 5.10 Å². The van der Waals surface area contributed by atoms with Crippen LogP contribution in [0.2, 0.25) is 0 Å². The second-order valence-electron chi connectivity index (χ2n) is 6.93. The van der Waals surface area contributed by atoms with Crippen LogP contribution in [-0.4, -0.2) is 52.2 Å². The summed E-state index contributed by atoms with van der Waals surface area (Å²) in [6, 6.07) is 15.2. The summed E-state index contributed by atoms with van der Waals surface area (Å²) in [5.74, 6) is -0.866. The average Bonchev–Trinajstić information content (AvgIpc) is 3.40. The summed E-state index contributed by atoms with van der Waals surface area (Å²) in [6.07, 6.45) is 0. The van der Waals surface area contributed by atoms with E-state index in [4.69, 9.17) is 9.72 Å². The fourth-order valence-corrected chi connectivity index (χ4v) is 3.77. The molecule has 4 aromatic rings. The molecule has 0 N–H and O–H groups in total. The van der Waals surface area contributed by atoms with Crippen LogP contribution in [0.3, 0.4) is 0 Å². The fourth-order valence-electron chi connectivity index (χ4n) is 3.08. The number of amides is 1. The molecule has 3 heterocycles. The number of nitrogens with zero attached hydrogens (tertiary/aromatic N) is 4. The van der Waals surface area contributed by atoms with Crippen molar-refractivity contribution in [3.63, 3.8) is 0 Å². The second kappa shape index (κ2) is 8.08. The highest BCUT2D eigenvalue weighted by Gasteiger charge is 2.22. The number of aryl methyl sites for hydroxylation is 1. The summed E-state index contributed by atoms with van der Waals surface area (Å²) < 4.78 is 7.04. The Labute approximate surface area is 177 Å². The number of para-hydroxylation sites is 1. The van der Waals surface area contributed by atoms with Crippen molar-refractivity contribution in [3.05, 3.63) is 65.2 Å². The third-order valence-corrected chi connectivity index (χ3v) is 5.52. The van der Waals surface area contributed by atoms with Gasteiger partial charge in [0.05, 0.1) is 32.9 Å². The van der Waals surface area contributed by atoms with E-state index in [1.54, 1.807) is 24.8 Å². The Morgan fingerprint density at radius 1 is 1.13 bits per heavy atom. The molecule has 0 fully saturated rings. The van der Waals surface area contributed by atoms with Crippen molar-refractivity contribution in [2.24, 2.45) is 0 Å². The molecule has 152 valence electrons. The van der Waals surface area contributed by atoms with Crippen molar-refractivity contribution >= 4 is 34.2 Å². The van der Waals surface area contributed by atoms with Gasteiger partial charge in [-0.25, -0.2) is 14.5 Å². The van der Waals surface area contributed by atoms with Gasteiger partial charge in [0.25, 0.3) is 5.91 Å². The van der Waals surface area contributed by atoms with Crippen LogP contribution >= 0.6 is 11.3 Å². The number of hydrogen-bond donors (Lipinski definition) is 0. The Morgan fingerprint density at radius 3 is 2.57 bits per heavy atom. The molecule has 3 aromatic heterocycles. The Kier molecular flexibility index (Phi) is 5.33. The summed E-state index contributed by atoms with van der Waals surface area (Å²) in [4.78, 5) is 31.9. The first kappa shape index (κ1) is 19.8. The van der Waals surface area contributed by atoms with Gasteiger partial charge in [-0.2, -0.15) is 5.10 Å². The SMILES string of the molecule is Cc1nn(-c2ccccc2)c2nc(-c3cccs3)cc(C(=O)OCC(=O)N(C)C)c12. The lowest BCUT2D eigenvalue weighted by Gasteiger charge is -2.11. The smallest absolute Gasteiger partial charge is 0.339 e. The van der Waals surface area contributed by atoms with Gasteiger partial charge in [0.2, 0.25) is 0 Å². The Hall–Kier alpha value is -3.52. The van der Waals surface area contributed by atoms with Crippen molar-refractivity contribution in [2.75, 3.05) is 20.7 Å². The third kappa shape index (κ3) is 3.69. The number of hydrogen-bond acceptors (Lipinski definition) is 6. The van der Waals surface area contributed by atoms with Gasteiger partial charge < -0.3 is 9.64 Å². The number of carbonyl (C=O) groups is 2. The molecule has 0 saturated carbocycles. The van der Waals surface area contributed by atoms with Crippen LogP contribution in [-0.2, 0) is 9.53 Å². The Balaban J connectivity index is 1.87. The molecule has 4 rings (SSSR count). The number of rotatable bonds is 5. The van der Waals surface area contributed by atoms with Crippen LogP contribution in [0.5, 0.6) is 0 Å². The van der Waals surface area contributed by atoms with Crippen LogP contribution in [0, 0.1) is 6.92 Å². The predicted octanol–water partition coefficient (Wildman–Crippen LogP) is 3.70. The maximum atomic E-state index is 13.0. The van der Waals surface area contributed by atoms with Crippen molar-refractivity contribution in [3.8, 4) is 16.3 Å². The average molecular weight is 420 g/mol. The Bertz CT molecular complexity index is 1210. The molecule has 7 nitrogen and oxygen atoms in total. The molecule has 0 radical (unpaired) electrons. The molecule has 0 aliphatic rings. The number of esters is 1. The molecule has 0 spiro atoms. The summed E-state index contributed by atoms with van der Waals surface area (Å²) in [6.45, 7) is 1.51. The number of thiophene rings is 1. The standard InChI is InChI=1S/C22H20N4O3S/c1-14-20-16(22(28)29-13-19(27)25(2)3)12-17(18-10-7-11-30-18)23-21(20)26(24-14)15-8-5-4-6-9-15/h4-12H,13H2,1-3H3. The minimum atomic E-state index is -0.578. The first-order chi connectivity index (χ1) is 14.5. The van der Waals surface area contributed by atoms with E-state index in [1.165, 1.54) is 16.2 Å². The minimum Gasteiger partial charge on any atom is -0.452 e. The zero-order valence-electron chi connectivity index (χ0n) is 16.8. The highest BCUT2D eigenvalue weighted by Crippen LogP contribution is 2.31. The zero-order chi connectivity index (χ0) is 21.3. The van der Waals surface area contributed by atoms with Gasteiger partial charge in [-0.15, -0.1) is 11.3 Å². The first-order valence-corrected chi connectivity index (χ1v) is 10.2. The second-order valence-corrected chi connectivity index (χ2v) is 7.88. The van der Waals surface area contributed by atoms with E-state index in [9.17, 15) is 9.59 Å². The maximum absolute atomic E-state index is 13.0. The lowest BCUT2D eigenvalue weighted by molar-refractivity contribution is -0.131. The number of pyridine rings is 1. The minimum absolute atomic E-state index is 0.288. The summed E-state index contributed by atoms with van der Waals surface area (Å²) in [7, 11) is 3.23. The molecule has 0 bridgehead atoms. The number of carbonyl (C=O) groups excluding carboxylic acids is 2. The quantitative estimate of drug-likeness (QED) is 0.460. The molecular weight excluding hydrogens is 400 g/mol. The summed E-state index contributed by atoms with van der Waals surface area (Å²) >= 11 is 1.53. The number of benzene rings is 1. The Morgan fingerprint density at radius 2 is 1.90 bits per heavy atom. The maximum Gasteiger partial charge on any atom is 0.339 e. The van der Waals surface area contributed by atoms with E-state index >= 15 is 0 Å². The van der Waals surface area contributed by atoms with Gasteiger partial charge >= 0.3 is 5.97 Å². The third-order valence-electron chi connectivity index (χ3n) is 4.63. The van der Waals surface area contributed by atoms with Gasteiger partial charge in [-0.3, -0.25) is 4.79 Å². The van der Waals surface area contributed by atoms with Crippen molar-refractivity contribution in [1.29, 1.82) is 0 Å². The molecule has 30 heavy (non-hydrogen) atoms. The number of fused-ring (bicyclic) bond motifs is 1. The molecule has 0 aliphatic carbocycles. The van der Waals surface area contributed by atoms with Gasteiger partial charge in [0.1, 0.15) is 0 Å². The number of likely N-dealkylation sites (N-methyl/N-ethyl adjacent to an activating group) is 1. The molecule has 0 unspecified atom stereocenters. The van der Waals surface area contributed by atoms with Crippen molar-refractivity contribution in [2.45, 2.75) is 6.92 Å². The van der Waals surface area contributed by atoms with Crippen LogP contribution in [0.1, 0.15) is 16.1 Å². The van der Waals surface area contributed by atoms with Gasteiger partial charge in [0, 0.05) is 14.1 Å². The molecule has 1 amide bonds. The van der Waals surface area contributed by atoms with E-state index in [0.717, 1.165) is 10.6 Å². The van der Waals surface area contributed by atoms with E-state index in [0.29, 0.717) is 28.0 Å². The van der Waals surface area contributed by atoms with Crippen LogP contribution in [0.15, 0.2) is 53.9 Å². The predicted molar refractivity (Wildman–Crippen MR) is 116 cm³/mol. The van der Waals surface area contributed by atoms with Crippen LogP contribution < -0.4 is 0 Å². The van der Waals surface area contributed by atoms with Crippen molar-refractivity contribution in [1.82, 2.24) is 19.7 Å². The topological polar surface area (TPSA) is 77.3 Å².